The highest BCUT2D eigenvalue weighted by atomic mass is 35.5. The van der Waals surface area contributed by atoms with Gasteiger partial charge in [-0.05, 0) is 41.0 Å². The summed E-state index contributed by atoms with van der Waals surface area (Å²) in [6.07, 6.45) is 2.59. The fourth-order valence-electron chi connectivity index (χ4n) is 3.70. The zero-order valence-corrected chi connectivity index (χ0v) is 19.1. The van der Waals surface area contributed by atoms with Crippen LogP contribution in [0.1, 0.15) is 16.7 Å². The standard InChI is InChI=1S/C26H25ClN4O3/c27-21-8-4-7-18(12-21)13-22(31-26(34)23(32)14-17-5-2-1-3-6-17)25(33)30-16-19-11-20-9-10-28-24(20)29-15-19/h1-12,15,22-23,32H,13-14,16H2,(H,28,29)(H,30,33)(H,31,34)/t22-,23+/m0/s1. The van der Waals surface area contributed by atoms with Gasteiger partial charge in [-0.1, -0.05) is 54.1 Å². The predicted octanol–water partition coefficient (Wildman–Crippen LogP) is 3.16. The summed E-state index contributed by atoms with van der Waals surface area (Å²) in [5.74, 6) is -0.976. The third-order valence-corrected chi connectivity index (χ3v) is 5.69. The molecule has 0 aliphatic rings. The molecule has 0 saturated carbocycles. The van der Waals surface area contributed by atoms with Crippen molar-refractivity contribution >= 4 is 34.4 Å². The fourth-order valence-corrected chi connectivity index (χ4v) is 3.91. The van der Waals surface area contributed by atoms with Crippen molar-refractivity contribution in [3.63, 3.8) is 0 Å². The smallest absolute Gasteiger partial charge is 0.249 e. The van der Waals surface area contributed by atoms with Gasteiger partial charge < -0.3 is 20.7 Å². The number of benzene rings is 2. The third-order valence-electron chi connectivity index (χ3n) is 5.46. The number of rotatable bonds is 9. The Hall–Kier alpha value is -3.68. The van der Waals surface area contributed by atoms with E-state index in [0.29, 0.717) is 5.02 Å². The first kappa shape index (κ1) is 23.5. The summed E-state index contributed by atoms with van der Waals surface area (Å²) < 4.78 is 0. The maximum Gasteiger partial charge on any atom is 0.249 e. The number of carbonyl (C=O) groups is 2. The molecule has 7 nitrogen and oxygen atoms in total. The number of nitrogens with one attached hydrogen (secondary N) is 3. The molecule has 174 valence electrons. The third kappa shape index (κ3) is 6.21. The van der Waals surface area contributed by atoms with E-state index >= 15 is 0 Å². The van der Waals surface area contributed by atoms with Crippen LogP contribution in [0.2, 0.25) is 5.02 Å². The Labute approximate surface area is 202 Å². The molecule has 0 spiro atoms. The Balaban J connectivity index is 1.44. The minimum Gasteiger partial charge on any atom is -0.383 e. The van der Waals surface area contributed by atoms with Crippen molar-refractivity contribution in [3.8, 4) is 0 Å². The second-order valence-corrected chi connectivity index (χ2v) is 8.51. The first-order valence-corrected chi connectivity index (χ1v) is 11.3. The SMILES string of the molecule is O=C(N[C@@H](Cc1cccc(Cl)c1)C(=O)NCc1cnc2[nH]ccc2c1)[C@H](O)Cc1ccccc1. The maximum absolute atomic E-state index is 13.1. The van der Waals surface area contributed by atoms with Crippen molar-refractivity contribution in [1.82, 2.24) is 20.6 Å². The lowest BCUT2D eigenvalue weighted by molar-refractivity contribution is -0.134. The summed E-state index contributed by atoms with van der Waals surface area (Å²) in [4.78, 5) is 33.2. The Morgan fingerprint density at radius 2 is 1.74 bits per heavy atom. The largest absolute Gasteiger partial charge is 0.383 e. The van der Waals surface area contributed by atoms with Crippen molar-refractivity contribution in [2.75, 3.05) is 0 Å². The lowest BCUT2D eigenvalue weighted by Crippen LogP contribution is -2.51. The monoisotopic (exact) mass is 476 g/mol. The van der Waals surface area contributed by atoms with E-state index in [1.807, 2.05) is 48.5 Å². The Kier molecular flexibility index (Phi) is 7.57. The van der Waals surface area contributed by atoms with Crippen LogP contribution in [0.5, 0.6) is 0 Å². The number of halogens is 1. The lowest BCUT2D eigenvalue weighted by atomic mass is 10.0. The molecule has 2 amide bonds. The molecule has 4 N–H and O–H groups in total. The predicted molar refractivity (Wildman–Crippen MR) is 131 cm³/mol. The van der Waals surface area contributed by atoms with E-state index < -0.39 is 18.1 Å². The number of pyridine rings is 1. The Morgan fingerprint density at radius 1 is 0.941 bits per heavy atom. The molecule has 2 atom stereocenters. The van der Waals surface area contributed by atoms with Crippen molar-refractivity contribution in [2.45, 2.75) is 31.5 Å². The molecule has 0 aliphatic heterocycles. The molecule has 8 heteroatoms. The molecular weight excluding hydrogens is 452 g/mol. The second-order valence-electron chi connectivity index (χ2n) is 8.08. The van der Waals surface area contributed by atoms with E-state index in [1.165, 1.54) is 0 Å². The molecule has 2 aromatic carbocycles. The van der Waals surface area contributed by atoms with E-state index in [1.54, 1.807) is 30.6 Å². The second kappa shape index (κ2) is 11.0. The van der Waals surface area contributed by atoms with Crippen LogP contribution < -0.4 is 10.6 Å². The summed E-state index contributed by atoms with van der Waals surface area (Å²) in [5, 5.41) is 17.5. The van der Waals surface area contributed by atoms with E-state index in [4.69, 9.17) is 11.6 Å². The molecular formula is C26H25ClN4O3. The van der Waals surface area contributed by atoms with Gasteiger partial charge in [0.15, 0.2) is 0 Å². The Morgan fingerprint density at radius 3 is 2.53 bits per heavy atom. The van der Waals surface area contributed by atoms with Crippen LogP contribution in [-0.2, 0) is 29.0 Å². The van der Waals surface area contributed by atoms with Gasteiger partial charge >= 0.3 is 0 Å². The van der Waals surface area contributed by atoms with Crippen molar-refractivity contribution in [1.29, 1.82) is 0 Å². The number of carbonyl (C=O) groups excluding carboxylic acids is 2. The number of H-pyrrole nitrogens is 1. The summed E-state index contributed by atoms with van der Waals surface area (Å²) >= 11 is 6.10. The average molecular weight is 477 g/mol. The minimum absolute atomic E-state index is 0.153. The van der Waals surface area contributed by atoms with Crippen LogP contribution in [0.15, 0.2) is 79.1 Å². The van der Waals surface area contributed by atoms with Gasteiger partial charge in [0, 0.05) is 42.2 Å². The summed E-state index contributed by atoms with van der Waals surface area (Å²) in [7, 11) is 0. The highest BCUT2D eigenvalue weighted by Gasteiger charge is 2.25. The van der Waals surface area contributed by atoms with Crippen LogP contribution >= 0.6 is 11.6 Å². The lowest BCUT2D eigenvalue weighted by Gasteiger charge is -2.21. The molecule has 0 aliphatic carbocycles. The van der Waals surface area contributed by atoms with Gasteiger partial charge in [0.2, 0.25) is 11.8 Å². The quantitative estimate of drug-likeness (QED) is 0.297. The molecule has 0 saturated heterocycles. The van der Waals surface area contributed by atoms with Gasteiger partial charge in [0.25, 0.3) is 0 Å². The van der Waals surface area contributed by atoms with Gasteiger partial charge in [0.05, 0.1) is 0 Å². The number of aromatic nitrogens is 2. The van der Waals surface area contributed by atoms with E-state index in [-0.39, 0.29) is 25.3 Å². The maximum atomic E-state index is 13.1. The van der Waals surface area contributed by atoms with Gasteiger partial charge in [-0.15, -0.1) is 0 Å². The fraction of sp³-hybridized carbons (Fsp3) is 0.192. The minimum atomic E-state index is -1.28. The number of aromatic amines is 1. The first-order chi connectivity index (χ1) is 16.5. The van der Waals surface area contributed by atoms with Crippen LogP contribution in [0, 0.1) is 0 Å². The van der Waals surface area contributed by atoms with Crippen LogP contribution in [0.25, 0.3) is 11.0 Å². The van der Waals surface area contributed by atoms with Gasteiger partial charge in [0.1, 0.15) is 17.8 Å². The highest BCUT2D eigenvalue weighted by molar-refractivity contribution is 6.30. The molecule has 4 aromatic rings. The van der Waals surface area contributed by atoms with Crippen LogP contribution in [-0.4, -0.2) is 39.0 Å². The molecule has 34 heavy (non-hydrogen) atoms. The number of hydrogen-bond acceptors (Lipinski definition) is 4. The van der Waals surface area contributed by atoms with Gasteiger partial charge in [-0.25, -0.2) is 4.98 Å². The van der Waals surface area contributed by atoms with Crippen molar-refractivity contribution in [3.05, 3.63) is 101 Å². The van der Waals surface area contributed by atoms with E-state index in [2.05, 4.69) is 20.6 Å². The number of fused-ring (bicyclic) bond motifs is 1. The van der Waals surface area contributed by atoms with E-state index in [0.717, 1.165) is 27.7 Å². The molecule has 4 rings (SSSR count). The number of hydrogen-bond donors (Lipinski definition) is 4. The summed E-state index contributed by atoms with van der Waals surface area (Å²) in [6, 6.07) is 19.3. The van der Waals surface area contributed by atoms with Gasteiger partial charge in [-0.3, -0.25) is 9.59 Å². The summed E-state index contributed by atoms with van der Waals surface area (Å²) in [6.45, 7) is 0.251. The first-order valence-electron chi connectivity index (χ1n) is 10.9. The van der Waals surface area contributed by atoms with Gasteiger partial charge in [-0.2, -0.15) is 0 Å². The molecule has 2 aromatic heterocycles. The number of aliphatic hydroxyl groups is 1. The van der Waals surface area contributed by atoms with Crippen molar-refractivity contribution in [2.24, 2.45) is 0 Å². The average Bonchev–Trinajstić information content (AvgIpc) is 3.30. The molecule has 0 unspecified atom stereocenters. The van der Waals surface area contributed by atoms with E-state index in [9.17, 15) is 14.7 Å². The molecule has 0 fully saturated rings. The zero-order valence-electron chi connectivity index (χ0n) is 18.4. The number of nitrogens with zero attached hydrogens (tertiary/aromatic N) is 1. The van der Waals surface area contributed by atoms with Crippen LogP contribution in [0.3, 0.4) is 0 Å². The molecule has 2 heterocycles. The topological polar surface area (TPSA) is 107 Å². The Bertz CT molecular complexity index is 1280. The molecule has 0 radical (unpaired) electrons. The normalized spacial score (nSPS) is 12.8. The highest BCUT2D eigenvalue weighted by Crippen LogP contribution is 2.14. The van der Waals surface area contributed by atoms with Crippen LogP contribution in [0.4, 0.5) is 0 Å². The zero-order chi connectivity index (χ0) is 23.9. The number of aliphatic hydroxyl groups excluding tert-OH is 1. The number of amides is 2. The molecule has 0 bridgehead atoms. The summed E-state index contributed by atoms with van der Waals surface area (Å²) in [5.41, 5.74) is 3.22. The van der Waals surface area contributed by atoms with Crippen molar-refractivity contribution < 1.29 is 14.7 Å².